The molecule has 1 N–H and O–H groups in total. The summed E-state index contributed by atoms with van der Waals surface area (Å²) < 4.78 is 10.4. The van der Waals surface area contributed by atoms with Gasteiger partial charge in [0.15, 0.2) is 0 Å². The Bertz CT molecular complexity index is 451. The normalized spacial score (nSPS) is 26.2. The lowest BCUT2D eigenvalue weighted by Crippen LogP contribution is -2.42. The molecule has 0 saturated carbocycles. The first-order valence-corrected chi connectivity index (χ1v) is 5.63. The van der Waals surface area contributed by atoms with Crippen LogP contribution in [0.5, 0.6) is 5.75 Å². The molecule has 4 heteroatoms. The van der Waals surface area contributed by atoms with Crippen LogP contribution in [-0.4, -0.2) is 23.8 Å². The highest BCUT2D eigenvalue weighted by Crippen LogP contribution is 2.41. The molecule has 2 atom stereocenters. The number of carbonyl (C=O) groups excluding carboxylic acids is 1. The molecule has 0 amide bonds. The second-order valence-corrected chi connectivity index (χ2v) is 4.40. The molecule has 0 saturated heterocycles. The minimum atomic E-state index is -1.34. The highest BCUT2D eigenvalue weighted by atomic mass is 16.6. The first-order valence-electron chi connectivity index (χ1n) is 5.63. The van der Waals surface area contributed by atoms with Gasteiger partial charge in [0.25, 0.3) is 0 Å². The second-order valence-electron chi connectivity index (χ2n) is 4.40. The molecule has 1 aromatic carbocycles. The van der Waals surface area contributed by atoms with E-state index in [1.54, 1.807) is 19.9 Å². The van der Waals surface area contributed by atoms with E-state index in [9.17, 15) is 9.90 Å². The number of benzene rings is 1. The van der Waals surface area contributed by atoms with Gasteiger partial charge in [-0.25, -0.2) is 4.79 Å². The van der Waals surface area contributed by atoms with Crippen LogP contribution in [0.1, 0.15) is 25.0 Å². The number of carbonyl (C=O) groups is 1. The van der Waals surface area contributed by atoms with E-state index >= 15 is 0 Å². The number of fused-ring (bicyclic) bond motifs is 1. The van der Waals surface area contributed by atoms with Crippen molar-refractivity contribution in [2.75, 3.05) is 6.61 Å². The van der Waals surface area contributed by atoms with Crippen LogP contribution in [0.4, 0.5) is 0 Å². The van der Waals surface area contributed by atoms with E-state index < -0.39 is 17.7 Å². The van der Waals surface area contributed by atoms with Crippen molar-refractivity contribution >= 4 is 5.97 Å². The van der Waals surface area contributed by atoms with Crippen molar-refractivity contribution in [3.63, 3.8) is 0 Å². The van der Waals surface area contributed by atoms with E-state index in [0.717, 1.165) is 5.56 Å². The van der Waals surface area contributed by atoms with E-state index in [2.05, 4.69) is 0 Å². The number of rotatable bonds is 2. The maximum Gasteiger partial charge on any atom is 0.350 e. The standard InChI is InChI=1S/C13H16O4/c1-4-16-12(14)11-13(3,15)9-6-5-8(2)7-10(9)17-11/h5-7,11,15H,4H2,1-3H3/t11-,13+/m1/s1. The zero-order valence-electron chi connectivity index (χ0n) is 10.2. The van der Waals surface area contributed by atoms with Crippen LogP contribution >= 0.6 is 0 Å². The van der Waals surface area contributed by atoms with E-state index in [0.29, 0.717) is 11.3 Å². The van der Waals surface area contributed by atoms with Crippen LogP contribution in [0.3, 0.4) is 0 Å². The largest absolute Gasteiger partial charge is 0.475 e. The minimum absolute atomic E-state index is 0.268. The molecule has 0 unspecified atom stereocenters. The Morgan fingerprint density at radius 3 is 2.94 bits per heavy atom. The topological polar surface area (TPSA) is 55.8 Å². The van der Waals surface area contributed by atoms with E-state index in [4.69, 9.17) is 9.47 Å². The molecule has 0 fully saturated rings. The molecule has 2 rings (SSSR count). The number of ether oxygens (including phenoxy) is 2. The van der Waals surface area contributed by atoms with Crippen molar-refractivity contribution in [2.45, 2.75) is 32.5 Å². The maximum absolute atomic E-state index is 11.7. The van der Waals surface area contributed by atoms with Gasteiger partial charge in [0.2, 0.25) is 6.10 Å². The van der Waals surface area contributed by atoms with Crippen molar-refractivity contribution in [1.82, 2.24) is 0 Å². The van der Waals surface area contributed by atoms with Crippen molar-refractivity contribution in [1.29, 1.82) is 0 Å². The molecular weight excluding hydrogens is 220 g/mol. The maximum atomic E-state index is 11.7. The quantitative estimate of drug-likeness (QED) is 0.791. The fourth-order valence-corrected chi connectivity index (χ4v) is 2.02. The van der Waals surface area contributed by atoms with Gasteiger partial charge in [-0.2, -0.15) is 0 Å². The smallest absolute Gasteiger partial charge is 0.350 e. The molecule has 1 aromatic rings. The molecule has 0 spiro atoms. The summed E-state index contributed by atoms with van der Waals surface area (Å²) in [4.78, 5) is 11.7. The lowest BCUT2D eigenvalue weighted by molar-refractivity contribution is -0.161. The van der Waals surface area contributed by atoms with Crippen LogP contribution in [-0.2, 0) is 15.1 Å². The third kappa shape index (κ3) is 1.89. The first-order chi connectivity index (χ1) is 7.96. The summed E-state index contributed by atoms with van der Waals surface area (Å²) in [5.41, 5.74) is 0.306. The predicted molar refractivity (Wildman–Crippen MR) is 61.8 cm³/mol. The molecule has 0 aromatic heterocycles. The molecule has 0 aliphatic carbocycles. The molecule has 17 heavy (non-hydrogen) atoms. The molecular formula is C13H16O4. The van der Waals surface area contributed by atoms with Gasteiger partial charge >= 0.3 is 5.97 Å². The Kier molecular flexibility index (Phi) is 2.83. The fraction of sp³-hybridized carbons (Fsp3) is 0.462. The number of aliphatic hydroxyl groups is 1. The Morgan fingerprint density at radius 1 is 1.59 bits per heavy atom. The highest BCUT2D eigenvalue weighted by Gasteiger charge is 2.49. The Labute approximate surface area is 100 Å². The van der Waals surface area contributed by atoms with E-state index in [1.165, 1.54) is 0 Å². The predicted octanol–water partition coefficient (Wildman–Crippen LogP) is 1.53. The zero-order valence-corrected chi connectivity index (χ0v) is 10.2. The Morgan fingerprint density at radius 2 is 2.29 bits per heavy atom. The molecule has 92 valence electrons. The van der Waals surface area contributed by atoms with Crippen LogP contribution in [0, 0.1) is 6.92 Å². The third-order valence-corrected chi connectivity index (χ3v) is 2.94. The molecule has 1 heterocycles. The minimum Gasteiger partial charge on any atom is -0.475 e. The van der Waals surface area contributed by atoms with Crippen LogP contribution in [0.15, 0.2) is 18.2 Å². The van der Waals surface area contributed by atoms with E-state index in [-0.39, 0.29) is 6.61 Å². The second kappa shape index (κ2) is 4.04. The summed E-state index contributed by atoms with van der Waals surface area (Å²) in [6, 6.07) is 5.47. The summed E-state index contributed by atoms with van der Waals surface area (Å²) in [7, 11) is 0. The Balaban J connectivity index is 2.35. The lowest BCUT2D eigenvalue weighted by atomic mass is 9.92. The molecule has 0 bridgehead atoms. The Hall–Kier alpha value is -1.55. The highest BCUT2D eigenvalue weighted by molar-refractivity contribution is 5.78. The van der Waals surface area contributed by atoms with Gasteiger partial charge in [-0.05, 0) is 32.4 Å². The number of hydrogen-bond acceptors (Lipinski definition) is 4. The van der Waals surface area contributed by atoms with Crippen LogP contribution < -0.4 is 4.74 Å². The lowest BCUT2D eigenvalue weighted by Gasteiger charge is -2.22. The van der Waals surface area contributed by atoms with Crippen LogP contribution in [0.2, 0.25) is 0 Å². The van der Waals surface area contributed by atoms with Gasteiger partial charge in [-0.1, -0.05) is 12.1 Å². The van der Waals surface area contributed by atoms with Gasteiger partial charge in [-0.15, -0.1) is 0 Å². The molecule has 1 aliphatic heterocycles. The summed E-state index contributed by atoms with van der Waals surface area (Å²) in [5.74, 6) is 0.0133. The van der Waals surface area contributed by atoms with E-state index in [1.807, 2.05) is 19.1 Å². The van der Waals surface area contributed by atoms with Gasteiger partial charge < -0.3 is 14.6 Å². The molecule has 4 nitrogen and oxygen atoms in total. The average molecular weight is 236 g/mol. The fourth-order valence-electron chi connectivity index (χ4n) is 2.02. The number of hydrogen-bond donors (Lipinski definition) is 1. The van der Waals surface area contributed by atoms with Crippen molar-refractivity contribution in [2.24, 2.45) is 0 Å². The average Bonchev–Trinajstić information content (AvgIpc) is 2.50. The summed E-state index contributed by atoms with van der Waals surface area (Å²) in [5, 5.41) is 10.4. The van der Waals surface area contributed by atoms with Gasteiger partial charge in [0.05, 0.1) is 6.61 Å². The number of esters is 1. The summed E-state index contributed by atoms with van der Waals surface area (Å²) in [6.07, 6.45) is -0.987. The van der Waals surface area contributed by atoms with Crippen molar-refractivity contribution in [3.8, 4) is 5.75 Å². The van der Waals surface area contributed by atoms with Gasteiger partial charge in [0, 0.05) is 5.56 Å². The van der Waals surface area contributed by atoms with Crippen molar-refractivity contribution in [3.05, 3.63) is 29.3 Å². The van der Waals surface area contributed by atoms with Gasteiger partial charge in [0.1, 0.15) is 11.4 Å². The monoisotopic (exact) mass is 236 g/mol. The van der Waals surface area contributed by atoms with Crippen LogP contribution in [0.25, 0.3) is 0 Å². The summed E-state index contributed by atoms with van der Waals surface area (Å²) >= 11 is 0. The first kappa shape index (κ1) is 11.9. The molecule has 0 radical (unpaired) electrons. The molecule has 1 aliphatic rings. The zero-order chi connectivity index (χ0) is 12.6. The number of aryl methyl sites for hydroxylation is 1. The third-order valence-electron chi connectivity index (χ3n) is 2.94. The summed E-state index contributed by atoms with van der Waals surface area (Å²) in [6.45, 7) is 5.48. The van der Waals surface area contributed by atoms with Crippen molar-refractivity contribution < 1.29 is 19.4 Å². The van der Waals surface area contributed by atoms with Gasteiger partial charge in [-0.3, -0.25) is 0 Å². The SMILES string of the molecule is CCOC(=O)[C@H]1Oc2cc(C)ccc2[C@]1(C)O.